The third-order valence-electron chi connectivity index (χ3n) is 5.52. The molecule has 0 unspecified atom stereocenters. The van der Waals surface area contributed by atoms with Crippen molar-refractivity contribution >= 4 is 29.2 Å². The summed E-state index contributed by atoms with van der Waals surface area (Å²) >= 11 is 1.73. The predicted octanol–water partition coefficient (Wildman–Crippen LogP) is 5.23. The Morgan fingerprint density at radius 3 is 1.90 bits per heavy atom. The number of carbonyl (C=O) groups is 1. The number of urea groups is 1. The summed E-state index contributed by atoms with van der Waals surface area (Å²) < 4.78 is 0. The SMILES string of the molecule is O=C(N1CCN(Cc2ccccc2)CC1)N1c2ccccc2Sc2ccccc21. The second kappa shape index (κ2) is 7.93. The molecule has 5 heteroatoms. The Hall–Kier alpha value is -2.76. The molecule has 2 heterocycles. The largest absolute Gasteiger partial charge is 0.329 e. The third-order valence-corrected chi connectivity index (χ3v) is 6.65. The number of para-hydroxylation sites is 2. The van der Waals surface area contributed by atoms with Crippen LogP contribution in [0.5, 0.6) is 0 Å². The molecule has 5 rings (SSSR count). The van der Waals surface area contributed by atoms with Crippen LogP contribution in [0.3, 0.4) is 0 Å². The van der Waals surface area contributed by atoms with Crippen molar-refractivity contribution in [3.8, 4) is 0 Å². The fourth-order valence-corrected chi connectivity index (χ4v) is 5.05. The van der Waals surface area contributed by atoms with Crippen LogP contribution in [0, 0.1) is 0 Å². The van der Waals surface area contributed by atoms with Gasteiger partial charge in [0.25, 0.3) is 0 Å². The molecular weight excluding hydrogens is 378 g/mol. The monoisotopic (exact) mass is 401 g/mol. The molecule has 4 nitrogen and oxygen atoms in total. The lowest BCUT2D eigenvalue weighted by Gasteiger charge is -2.39. The fraction of sp³-hybridized carbons (Fsp3) is 0.208. The molecule has 1 fully saturated rings. The molecule has 0 bridgehead atoms. The molecule has 2 aliphatic rings. The summed E-state index contributed by atoms with van der Waals surface area (Å²) in [5, 5.41) is 0. The highest BCUT2D eigenvalue weighted by Crippen LogP contribution is 2.48. The van der Waals surface area contributed by atoms with Gasteiger partial charge in [0.15, 0.2) is 0 Å². The Morgan fingerprint density at radius 1 is 0.724 bits per heavy atom. The van der Waals surface area contributed by atoms with Crippen molar-refractivity contribution < 1.29 is 4.79 Å². The molecule has 3 aromatic carbocycles. The van der Waals surface area contributed by atoms with Crippen LogP contribution in [0.2, 0.25) is 0 Å². The van der Waals surface area contributed by atoms with Crippen LogP contribution in [-0.4, -0.2) is 42.0 Å². The van der Waals surface area contributed by atoms with E-state index in [1.165, 1.54) is 5.56 Å². The first-order valence-corrected chi connectivity index (χ1v) is 10.8. The lowest BCUT2D eigenvalue weighted by molar-refractivity contribution is 0.140. The van der Waals surface area contributed by atoms with Gasteiger partial charge in [0.05, 0.1) is 11.4 Å². The van der Waals surface area contributed by atoms with Crippen molar-refractivity contribution in [1.29, 1.82) is 0 Å². The van der Waals surface area contributed by atoms with Gasteiger partial charge < -0.3 is 4.90 Å². The summed E-state index contributed by atoms with van der Waals surface area (Å²) in [5.74, 6) is 0. The molecule has 2 amide bonds. The van der Waals surface area contributed by atoms with E-state index in [2.05, 4.69) is 41.3 Å². The Bertz CT molecular complexity index is 970. The van der Waals surface area contributed by atoms with E-state index in [1.54, 1.807) is 11.8 Å². The van der Waals surface area contributed by atoms with Gasteiger partial charge in [-0.3, -0.25) is 9.80 Å². The van der Waals surface area contributed by atoms with Crippen molar-refractivity contribution in [2.75, 3.05) is 31.1 Å². The number of anilines is 2. The van der Waals surface area contributed by atoms with Crippen LogP contribution in [-0.2, 0) is 6.54 Å². The number of nitrogens with zero attached hydrogens (tertiary/aromatic N) is 3. The molecule has 0 spiro atoms. The average molecular weight is 402 g/mol. The number of hydrogen-bond acceptors (Lipinski definition) is 3. The van der Waals surface area contributed by atoms with Crippen LogP contribution in [0.4, 0.5) is 16.2 Å². The summed E-state index contributed by atoms with van der Waals surface area (Å²) in [6.07, 6.45) is 0. The molecule has 2 aliphatic heterocycles. The molecule has 3 aromatic rings. The summed E-state index contributed by atoms with van der Waals surface area (Å²) in [4.78, 5) is 22.1. The number of carbonyl (C=O) groups excluding carboxylic acids is 1. The van der Waals surface area contributed by atoms with Crippen LogP contribution in [0.15, 0.2) is 88.7 Å². The standard InChI is InChI=1S/C24H23N3OS/c28-24(26-16-14-25(15-17-26)18-19-8-2-1-3-9-19)27-20-10-4-6-12-22(20)29-23-13-7-5-11-21(23)27/h1-13H,14-18H2. The van der Waals surface area contributed by atoms with E-state index in [9.17, 15) is 4.79 Å². The lowest BCUT2D eigenvalue weighted by atomic mass is 10.2. The zero-order valence-corrected chi connectivity index (χ0v) is 17.0. The first-order chi connectivity index (χ1) is 14.3. The van der Waals surface area contributed by atoms with Crippen LogP contribution >= 0.6 is 11.8 Å². The van der Waals surface area contributed by atoms with Gasteiger partial charge in [-0.05, 0) is 29.8 Å². The smallest absolute Gasteiger partial charge is 0.321 e. The van der Waals surface area contributed by atoms with Crippen molar-refractivity contribution in [3.05, 3.63) is 84.4 Å². The Balaban J connectivity index is 1.34. The number of benzene rings is 3. The minimum Gasteiger partial charge on any atom is -0.321 e. The highest BCUT2D eigenvalue weighted by Gasteiger charge is 2.32. The van der Waals surface area contributed by atoms with Crippen LogP contribution in [0.1, 0.15) is 5.56 Å². The molecule has 1 saturated heterocycles. The molecule has 0 N–H and O–H groups in total. The summed E-state index contributed by atoms with van der Waals surface area (Å²) in [6, 6.07) is 27.0. The van der Waals surface area contributed by atoms with Crippen LogP contribution in [0.25, 0.3) is 0 Å². The third kappa shape index (κ3) is 3.63. The molecule has 0 aromatic heterocycles. The molecule has 29 heavy (non-hydrogen) atoms. The number of piperazine rings is 1. The van der Waals surface area contributed by atoms with Gasteiger partial charge >= 0.3 is 6.03 Å². The Kier molecular flexibility index (Phi) is 5.00. The number of amides is 2. The lowest BCUT2D eigenvalue weighted by Crippen LogP contribution is -2.52. The summed E-state index contributed by atoms with van der Waals surface area (Å²) in [6.45, 7) is 4.23. The van der Waals surface area contributed by atoms with Gasteiger partial charge in [-0.25, -0.2) is 4.79 Å². The van der Waals surface area contributed by atoms with E-state index in [1.807, 2.05) is 52.3 Å². The van der Waals surface area contributed by atoms with Gasteiger partial charge in [-0.2, -0.15) is 0 Å². The first kappa shape index (κ1) is 18.3. The topological polar surface area (TPSA) is 26.8 Å². The van der Waals surface area contributed by atoms with Crippen molar-refractivity contribution in [1.82, 2.24) is 9.80 Å². The predicted molar refractivity (Wildman–Crippen MR) is 118 cm³/mol. The zero-order valence-electron chi connectivity index (χ0n) is 16.2. The first-order valence-electron chi connectivity index (χ1n) is 10.0. The van der Waals surface area contributed by atoms with Gasteiger partial charge in [0.1, 0.15) is 0 Å². The minimum atomic E-state index is 0.0737. The van der Waals surface area contributed by atoms with Gasteiger partial charge in [-0.1, -0.05) is 66.4 Å². The van der Waals surface area contributed by atoms with Crippen molar-refractivity contribution in [3.63, 3.8) is 0 Å². The maximum atomic E-state index is 13.6. The molecule has 0 aliphatic carbocycles. The van der Waals surface area contributed by atoms with Crippen LogP contribution < -0.4 is 4.90 Å². The van der Waals surface area contributed by atoms with Gasteiger partial charge in [0, 0.05) is 42.5 Å². The highest BCUT2D eigenvalue weighted by molar-refractivity contribution is 7.99. The summed E-state index contributed by atoms with van der Waals surface area (Å²) in [7, 11) is 0. The van der Waals surface area contributed by atoms with E-state index in [0.717, 1.165) is 53.9 Å². The maximum absolute atomic E-state index is 13.6. The summed E-state index contributed by atoms with van der Waals surface area (Å²) in [5.41, 5.74) is 3.28. The van der Waals surface area contributed by atoms with E-state index in [-0.39, 0.29) is 6.03 Å². The van der Waals surface area contributed by atoms with E-state index >= 15 is 0 Å². The molecule has 0 atom stereocenters. The van der Waals surface area contributed by atoms with Crippen molar-refractivity contribution in [2.45, 2.75) is 16.3 Å². The number of hydrogen-bond donors (Lipinski definition) is 0. The molecule has 146 valence electrons. The normalized spacial score (nSPS) is 16.3. The highest BCUT2D eigenvalue weighted by atomic mass is 32.2. The number of rotatable bonds is 2. The van der Waals surface area contributed by atoms with E-state index < -0.39 is 0 Å². The molecule has 0 radical (unpaired) electrons. The van der Waals surface area contributed by atoms with Crippen molar-refractivity contribution in [2.24, 2.45) is 0 Å². The quantitative estimate of drug-likeness (QED) is 0.588. The minimum absolute atomic E-state index is 0.0737. The average Bonchev–Trinajstić information content (AvgIpc) is 2.78. The van der Waals surface area contributed by atoms with Gasteiger partial charge in [0.2, 0.25) is 0 Å². The van der Waals surface area contributed by atoms with Gasteiger partial charge in [-0.15, -0.1) is 0 Å². The Morgan fingerprint density at radius 2 is 1.28 bits per heavy atom. The molecular formula is C24H23N3OS. The Labute approximate surface area is 175 Å². The van der Waals surface area contributed by atoms with E-state index in [4.69, 9.17) is 0 Å². The zero-order chi connectivity index (χ0) is 19.6. The second-order valence-corrected chi connectivity index (χ2v) is 8.49. The fourth-order valence-electron chi connectivity index (χ4n) is 3.99. The number of fused-ring (bicyclic) bond motifs is 2. The maximum Gasteiger partial charge on any atom is 0.329 e. The van der Waals surface area contributed by atoms with E-state index in [0.29, 0.717) is 0 Å². The second-order valence-electron chi connectivity index (χ2n) is 7.40. The molecule has 0 saturated carbocycles.